The van der Waals surface area contributed by atoms with Gasteiger partial charge in [0.2, 0.25) is 0 Å². The van der Waals surface area contributed by atoms with Gasteiger partial charge in [-0.25, -0.2) is 0 Å². The Hall–Kier alpha value is -0.210. The molecule has 0 nitrogen and oxygen atoms in total. The van der Waals surface area contributed by atoms with Crippen LogP contribution in [0.3, 0.4) is 0 Å². The molecule has 0 bridgehead atoms. The Bertz CT molecular complexity index is 20.4. The molecule has 0 heterocycles. The average Bonchev–Trinajstić information content (AvgIpc) is 0.722. The first-order valence-corrected chi connectivity index (χ1v) is 0.856. The molecule has 0 atom stereocenters. The third kappa shape index (κ3) is 275. The van der Waals surface area contributed by atoms with Crippen molar-refractivity contribution < 1.29 is 13.2 Å². The summed E-state index contributed by atoms with van der Waals surface area (Å²) in [6.07, 6.45) is -4.50. The van der Waals surface area contributed by atoms with Gasteiger partial charge < -0.3 is 0 Å². The Morgan fingerprint density at radius 2 is 1.20 bits per heavy atom. The van der Waals surface area contributed by atoms with Crippen LogP contribution in [0.4, 0.5) is 13.2 Å². The van der Waals surface area contributed by atoms with Crippen LogP contribution in [-0.2, 0) is 0 Å². The minimum absolute atomic E-state index is 3.35. The maximum Gasteiger partial charge on any atom is 0.393 e. The third-order valence-electron chi connectivity index (χ3n) is 0. The minimum Gasteiger partial charge on any atom is -0.171 e. The highest BCUT2D eigenvalue weighted by Gasteiger charge is 2.16. The van der Waals surface area contributed by atoms with E-state index in [1.54, 1.807) is 0 Å². The van der Waals surface area contributed by atoms with Crippen LogP contribution < -0.4 is 0 Å². The predicted molar refractivity (Wildman–Crippen MR) is 10.4 cm³/mol. The molecule has 0 saturated carbocycles. The van der Waals surface area contributed by atoms with Crippen molar-refractivity contribution in [2.24, 2.45) is 0 Å². The van der Waals surface area contributed by atoms with Crippen LogP contribution in [0.1, 0.15) is 0 Å². The predicted octanol–water partition coefficient (Wildman–Crippen LogP) is 1.26. The van der Waals surface area contributed by atoms with Crippen molar-refractivity contribution in [3.63, 3.8) is 0 Å². The number of hydrogen-bond donors (Lipinski definition) is 0. The summed E-state index contributed by atoms with van der Waals surface area (Å²) in [5, 5.41) is 0. The lowest BCUT2D eigenvalue weighted by atomic mass is 10.8. The zero-order chi connectivity index (χ0) is 4.50. The van der Waals surface area contributed by atoms with Crippen LogP contribution >= 0.6 is 0 Å². The molecule has 0 aliphatic rings. The Balaban J connectivity index is 3.02. The van der Waals surface area contributed by atoms with E-state index in [1.165, 1.54) is 0 Å². The van der Waals surface area contributed by atoms with E-state index < -0.39 is 6.18 Å². The van der Waals surface area contributed by atoms with E-state index >= 15 is 0 Å². The molecule has 0 unspecified atom stereocenters. The Morgan fingerprint density at radius 1 is 1.20 bits per heavy atom. The van der Waals surface area contributed by atoms with Crippen LogP contribution in [0.5, 0.6) is 0 Å². The van der Waals surface area contributed by atoms with Crippen molar-refractivity contribution in [2.75, 3.05) is 0 Å². The second kappa shape index (κ2) is 0.880. The molecule has 3 heteroatoms. The highest BCUT2D eigenvalue weighted by atomic mass is 19.4. The standard InChI is InChI=1S/C2HF3/c1-2(3,4)5/h1H. The maximum absolute atomic E-state index is 10.1. The topological polar surface area (TPSA) is 0 Å². The van der Waals surface area contributed by atoms with Crippen LogP contribution in [0.25, 0.3) is 0 Å². The van der Waals surface area contributed by atoms with E-state index in [0.29, 0.717) is 0 Å². The van der Waals surface area contributed by atoms with Gasteiger partial charge in [-0.2, -0.15) is 13.2 Å². The van der Waals surface area contributed by atoms with Gasteiger partial charge in [-0.1, -0.05) is 0 Å². The van der Waals surface area contributed by atoms with Gasteiger partial charge in [-0.15, -0.1) is 0 Å². The van der Waals surface area contributed by atoms with Gasteiger partial charge in [-0.3, -0.25) is 0 Å². The molecule has 2 radical (unpaired) electrons. The molecule has 0 N–H and O–H groups in total. The molecule has 5 heavy (non-hydrogen) atoms. The normalized spacial score (nSPS) is 12.0. The lowest BCUT2D eigenvalue weighted by Gasteiger charge is -1.88. The SMILES string of the molecule is [CH]C(F)(F)F. The first-order valence-electron chi connectivity index (χ1n) is 0.856. The molecular formula is C2HF3. The van der Waals surface area contributed by atoms with Gasteiger partial charge in [0.05, 0.1) is 6.92 Å². The Kier molecular flexibility index (Phi) is 0.843. The van der Waals surface area contributed by atoms with Crippen molar-refractivity contribution in [2.45, 2.75) is 6.18 Å². The van der Waals surface area contributed by atoms with Crippen molar-refractivity contribution in [1.29, 1.82) is 0 Å². The summed E-state index contributed by atoms with van der Waals surface area (Å²) in [5.74, 6) is 0. The second-order valence-corrected chi connectivity index (χ2v) is 0.542. The van der Waals surface area contributed by atoms with E-state index in [0.717, 1.165) is 0 Å². The smallest absolute Gasteiger partial charge is 0.171 e. The molecule has 0 aromatic rings. The molecule has 30 valence electrons. The molecule has 0 aliphatic heterocycles. The second-order valence-electron chi connectivity index (χ2n) is 0.542. The molecule has 0 aliphatic carbocycles. The Labute approximate surface area is 27.6 Å². The summed E-state index contributed by atoms with van der Waals surface area (Å²) in [7, 11) is 0. The zero-order valence-electron chi connectivity index (χ0n) is 2.21. The van der Waals surface area contributed by atoms with E-state index in [9.17, 15) is 13.2 Å². The molecule has 0 amide bonds. The Morgan fingerprint density at radius 3 is 1.20 bits per heavy atom. The molecule has 0 aromatic heterocycles. The van der Waals surface area contributed by atoms with E-state index in [-0.39, 0.29) is 0 Å². The van der Waals surface area contributed by atoms with E-state index in [4.69, 9.17) is 0 Å². The summed E-state index contributed by atoms with van der Waals surface area (Å²) in [6.45, 7) is 3.35. The van der Waals surface area contributed by atoms with Gasteiger partial charge in [0, 0.05) is 0 Å². The van der Waals surface area contributed by atoms with Crippen LogP contribution in [0, 0.1) is 6.92 Å². The van der Waals surface area contributed by atoms with Crippen LogP contribution in [0.15, 0.2) is 0 Å². The van der Waals surface area contributed by atoms with Crippen molar-refractivity contribution in [3.8, 4) is 0 Å². The molecule has 0 saturated heterocycles. The maximum atomic E-state index is 10.1. The van der Waals surface area contributed by atoms with Gasteiger partial charge in [0.25, 0.3) is 0 Å². The highest BCUT2D eigenvalue weighted by molar-refractivity contribution is 4.45. The lowest BCUT2D eigenvalue weighted by Crippen LogP contribution is -1.96. The largest absolute Gasteiger partial charge is 0.393 e. The lowest BCUT2D eigenvalue weighted by molar-refractivity contribution is -0.0829. The van der Waals surface area contributed by atoms with E-state index in [2.05, 4.69) is 6.92 Å². The number of halogens is 3. The summed E-state index contributed by atoms with van der Waals surface area (Å²) in [5.41, 5.74) is 0. The first-order chi connectivity index (χ1) is 2.00. The fourth-order valence-electron chi connectivity index (χ4n) is 0. The van der Waals surface area contributed by atoms with Gasteiger partial charge in [0.15, 0.2) is 0 Å². The zero-order valence-corrected chi connectivity index (χ0v) is 2.21. The number of rotatable bonds is 0. The summed E-state index contributed by atoms with van der Waals surface area (Å²) >= 11 is 0. The van der Waals surface area contributed by atoms with Gasteiger partial charge >= 0.3 is 6.18 Å². The summed E-state index contributed by atoms with van der Waals surface area (Å²) in [4.78, 5) is 0. The highest BCUT2D eigenvalue weighted by Crippen LogP contribution is 2.09. The fraction of sp³-hybridized carbons (Fsp3) is 0.500. The minimum atomic E-state index is -4.50. The van der Waals surface area contributed by atoms with Crippen molar-refractivity contribution >= 4 is 0 Å². The van der Waals surface area contributed by atoms with E-state index in [1.807, 2.05) is 0 Å². The van der Waals surface area contributed by atoms with Crippen LogP contribution in [-0.4, -0.2) is 6.18 Å². The monoisotopic (exact) mass is 82.0 g/mol. The summed E-state index contributed by atoms with van der Waals surface area (Å²) in [6, 6.07) is 0. The third-order valence-corrected chi connectivity index (χ3v) is 0. The van der Waals surface area contributed by atoms with Crippen molar-refractivity contribution in [1.82, 2.24) is 0 Å². The molecule has 0 aromatic carbocycles. The van der Waals surface area contributed by atoms with Crippen LogP contribution in [0.2, 0.25) is 0 Å². The number of alkyl halides is 3. The summed E-state index contributed by atoms with van der Waals surface area (Å²) < 4.78 is 30.4. The number of hydrogen-bond acceptors (Lipinski definition) is 0. The molecule has 0 rings (SSSR count). The molecular weight excluding hydrogens is 81.0 g/mol. The van der Waals surface area contributed by atoms with Gasteiger partial charge in [-0.05, 0) is 0 Å². The quantitative estimate of drug-likeness (QED) is 0.412. The fourth-order valence-corrected chi connectivity index (χ4v) is 0. The van der Waals surface area contributed by atoms with Crippen molar-refractivity contribution in [3.05, 3.63) is 6.92 Å². The molecule has 0 fully saturated rings. The average molecular weight is 82.0 g/mol. The molecule has 0 spiro atoms. The first kappa shape index (κ1) is 4.79. The van der Waals surface area contributed by atoms with Gasteiger partial charge in [0.1, 0.15) is 0 Å².